The fourth-order valence-electron chi connectivity index (χ4n) is 3.90. The van der Waals surface area contributed by atoms with Crippen LogP contribution in [-0.4, -0.2) is 31.7 Å². The molecule has 0 spiro atoms. The number of sulfonamides is 1. The first kappa shape index (κ1) is 22.2. The molecule has 166 valence electrons. The molecule has 1 fully saturated rings. The third kappa shape index (κ3) is 5.09. The molecule has 1 heterocycles. The van der Waals surface area contributed by atoms with E-state index < -0.39 is 10.0 Å². The van der Waals surface area contributed by atoms with E-state index in [0.717, 1.165) is 36.0 Å². The molecule has 0 bridgehead atoms. The number of aryl methyl sites for hydroxylation is 1. The SMILES string of the molecule is Cc1ccc(CNC(=O)c2cccc(-c3ccc(S(=O)(=O)N4CCCCC4)cc3)c2)cc1. The summed E-state index contributed by atoms with van der Waals surface area (Å²) in [6, 6.07) is 22.4. The van der Waals surface area contributed by atoms with E-state index >= 15 is 0 Å². The van der Waals surface area contributed by atoms with E-state index in [4.69, 9.17) is 0 Å². The number of rotatable bonds is 6. The van der Waals surface area contributed by atoms with Crippen LogP contribution in [0.25, 0.3) is 11.1 Å². The monoisotopic (exact) mass is 448 g/mol. The van der Waals surface area contributed by atoms with Crippen molar-refractivity contribution >= 4 is 15.9 Å². The van der Waals surface area contributed by atoms with Gasteiger partial charge in [-0.05, 0) is 60.7 Å². The number of piperidine rings is 1. The maximum absolute atomic E-state index is 12.9. The lowest BCUT2D eigenvalue weighted by Gasteiger charge is -2.25. The number of benzene rings is 3. The molecular formula is C26H28N2O3S. The van der Waals surface area contributed by atoms with E-state index in [-0.39, 0.29) is 5.91 Å². The molecule has 3 aromatic rings. The predicted molar refractivity (Wildman–Crippen MR) is 127 cm³/mol. The van der Waals surface area contributed by atoms with Crippen LogP contribution in [0.2, 0.25) is 0 Å². The molecule has 0 aliphatic carbocycles. The Morgan fingerprint density at radius 1 is 0.875 bits per heavy atom. The lowest BCUT2D eigenvalue weighted by atomic mass is 10.0. The molecule has 0 atom stereocenters. The van der Waals surface area contributed by atoms with Crippen LogP contribution < -0.4 is 5.32 Å². The van der Waals surface area contributed by atoms with Gasteiger partial charge < -0.3 is 5.32 Å². The number of carbonyl (C=O) groups excluding carboxylic acids is 1. The van der Waals surface area contributed by atoms with Crippen molar-refractivity contribution in [3.63, 3.8) is 0 Å². The molecule has 1 aliphatic rings. The van der Waals surface area contributed by atoms with E-state index in [1.165, 1.54) is 5.56 Å². The lowest BCUT2D eigenvalue weighted by molar-refractivity contribution is 0.0951. The summed E-state index contributed by atoms with van der Waals surface area (Å²) in [5, 5.41) is 2.95. The Morgan fingerprint density at radius 3 is 2.25 bits per heavy atom. The first-order chi connectivity index (χ1) is 15.4. The van der Waals surface area contributed by atoms with Crippen molar-refractivity contribution < 1.29 is 13.2 Å². The highest BCUT2D eigenvalue weighted by atomic mass is 32.2. The van der Waals surface area contributed by atoms with Gasteiger partial charge in [-0.3, -0.25) is 4.79 Å². The van der Waals surface area contributed by atoms with Gasteiger partial charge in [0.2, 0.25) is 10.0 Å². The minimum atomic E-state index is -3.45. The van der Waals surface area contributed by atoms with Gasteiger partial charge >= 0.3 is 0 Å². The van der Waals surface area contributed by atoms with Crippen molar-refractivity contribution in [3.05, 3.63) is 89.5 Å². The summed E-state index contributed by atoms with van der Waals surface area (Å²) >= 11 is 0. The summed E-state index contributed by atoms with van der Waals surface area (Å²) < 4.78 is 27.3. The Bertz CT molecular complexity index is 1180. The van der Waals surface area contributed by atoms with Crippen molar-refractivity contribution in [1.82, 2.24) is 9.62 Å². The second-order valence-corrected chi connectivity index (χ2v) is 10.2. The topological polar surface area (TPSA) is 66.5 Å². The molecule has 4 rings (SSSR count). The number of carbonyl (C=O) groups is 1. The van der Waals surface area contributed by atoms with Gasteiger partial charge in [-0.25, -0.2) is 8.42 Å². The molecule has 5 nitrogen and oxygen atoms in total. The number of hydrogen-bond acceptors (Lipinski definition) is 3. The fraction of sp³-hybridized carbons (Fsp3) is 0.269. The van der Waals surface area contributed by atoms with Crippen LogP contribution in [0.5, 0.6) is 0 Å². The standard InChI is InChI=1S/C26H28N2O3S/c1-20-8-10-21(11-9-20)19-27-26(29)24-7-5-6-23(18-24)22-12-14-25(15-13-22)32(30,31)28-16-3-2-4-17-28/h5-15,18H,2-4,16-17,19H2,1H3,(H,27,29). The second kappa shape index (κ2) is 9.67. The normalized spacial score (nSPS) is 14.8. The van der Waals surface area contributed by atoms with Gasteiger partial charge in [-0.1, -0.05) is 60.5 Å². The van der Waals surface area contributed by atoms with E-state index in [1.54, 1.807) is 34.6 Å². The molecule has 0 radical (unpaired) electrons. The number of hydrogen-bond donors (Lipinski definition) is 1. The molecule has 32 heavy (non-hydrogen) atoms. The smallest absolute Gasteiger partial charge is 0.251 e. The zero-order valence-corrected chi connectivity index (χ0v) is 19.1. The highest BCUT2D eigenvalue weighted by Gasteiger charge is 2.25. The molecule has 3 aromatic carbocycles. The van der Waals surface area contributed by atoms with Crippen LogP contribution in [0.1, 0.15) is 40.7 Å². The van der Waals surface area contributed by atoms with Crippen LogP contribution in [0.15, 0.2) is 77.7 Å². The van der Waals surface area contributed by atoms with E-state index in [9.17, 15) is 13.2 Å². The molecule has 1 N–H and O–H groups in total. The van der Waals surface area contributed by atoms with E-state index in [2.05, 4.69) is 5.32 Å². The summed E-state index contributed by atoms with van der Waals surface area (Å²) in [5.41, 5.74) is 4.54. The maximum atomic E-state index is 12.9. The zero-order valence-electron chi connectivity index (χ0n) is 18.3. The number of nitrogens with zero attached hydrogens (tertiary/aromatic N) is 1. The van der Waals surface area contributed by atoms with Gasteiger partial charge in [-0.15, -0.1) is 0 Å². The Labute approximate surface area is 190 Å². The van der Waals surface area contributed by atoms with Crippen LogP contribution in [0.3, 0.4) is 0 Å². The summed E-state index contributed by atoms with van der Waals surface area (Å²) in [6.45, 7) is 3.67. The highest BCUT2D eigenvalue weighted by Crippen LogP contribution is 2.25. The quantitative estimate of drug-likeness (QED) is 0.591. The van der Waals surface area contributed by atoms with Crippen molar-refractivity contribution in [3.8, 4) is 11.1 Å². The minimum absolute atomic E-state index is 0.142. The highest BCUT2D eigenvalue weighted by molar-refractivity contribution is 7.89. The van der Waals surface area contributed by atoms with Crippen LogP contribution in [0.4, 0.5) is 0 Å². The van der Waals surface area contributed by atoms with Gasteiger partial charge in [0.1, 0.15) is 0 Å². The molecule has 0 saturated carbocycles. The third-order valence-electron chi connectivity index (χ3n) is 5.84. The van der Waals surface area contributed by atoms with Gasteiger partial charge in [0.05, 0.1) is 4.90 Å². The molecule has 1 amide bonds. The average Bonchev–Trinajstić information content (AvgIpc) is 2.84. The maximum Gasteiger partial charge on any atom is 0.251 e. The fourth-order valence-corrected chi connectivity index (χ4v) is 5.42. The average molecular weight is 449 g/mol. The Morgan fingerprint density at radius 2 is 1.56 bits per heavy atom. The van der Waals surface area contributed by atoms with Crippen molar-refractivity contribution in [2.24, 2.45) is 0 Å². The molecular weight excluding hydrogens is 420 g/mol. The summed E-state index contributed by atoms with van der Waals surface area (Å²) in [5.74, 6) is -0.142. The molecule has 1 aliphatic heterocycles. The van der Waals surface area contributed by atoms with Crippen molar-refractivity contribution in [1.29, 1.82) is 0 Å². The van der Waals surface area contributed by atoms with Crippen LogP contribution >= 0.6 is 0 Å². The Balaban J connectivity index is 1.46. The Kier molecular flexibility index (Phi) is 6.72. The largest absolute Gasteiger partial charge is 0.348 e. The first-order valence-electron chi connectivity index (χ1n) is 11.0. The first-order valence-corrected chi connectivity index (χ1v) is 12.4. The van der Waals surface area contributed by atoms with Gasteiger partial charge in [0, 0.05) is 25.2 Å². The van der Waals surface area contributed by atoms with E-state index in [0.29, 0.717) is 30.1 Å². The van der Waals surface area contributed by atoms with Crippen LogP contribution in [-0.2, 0) is 16.6 Å². The lowest BCUT2D eigenvalue weighted by Crippen LogP contribution is -2.35. The third-order valence-corrected chi connectivity index (χ3v) is 7.75. The Hall–Kier alpha value is -2.96. The predicted octanol–water partition coefficient (Wildman–Crippen LogP) is 4.77. The molecule has 1 saturated heterocycles. The summed E-state index contributed by atoms with van der Waals surface area (Å²) in [4.78, 5) is 12.9. The van der Waals surface area contributed by atoms with Crippen LogP contribution in [0, 0.1) is 6.92 Å². The van der Waals surface area contributed by atoms with Gasteiger partial charge in [0.25, 0.3) is 5.91 Å². The minimum Gasteiger partial charge on any atom is -0.348 e. The molecule has 0 aromatic heterocycles. The van der Waals surface area contributed by atoms with Gasteiger partial charge in [0.15, 0.2) is 0 Å². The van der Waals surface area contributed by atoms with Crippen molar-refractivity contribution in [2.75, 3.05) is 13.1 Å². The second-order valence-electron chi connectivity index (χ2n) is 8.24. The van der Waals surface area contributed by atoms with Gasteiger partial charge in [-0.2, -0.15) is 4.31 Å². The van der Waals surface area contributed by atoms with Crippen molar-refractivity contribution in [2.45, 2.75) is 37.6 Å². The molecule has 6 heteroatoms. The summed E-state index contributed by atoms with van der Waals surface area (Å²) in [7, 11) is -3.45. The van der Waals surface area contributed by atoms with E-state index in [1.807, 2.05) is 49.4 Å². The number of nitrogens with one attached hydrogen (secondary N) is 1. The molecule has 0 unspecified atom stereocenters. The number of amides is 1. The zero-order chi connectivity index (χ0) is 22.6. The summed E-state index contributed by atoms with van der Waals surface area (Å²) in [6.07, 6.45) is 2.91.